The van der Waals surface area contributed by atoms with Crippen LogP contribution in [0.3, 0.4) is 0 Å². The highest BCUT2D eigenvalue weighted by molar-refractivity contribution is 5.74. The van der Waals surface area contributed by atoms with E-state index in [1.165, 1.54) is 9.80 Å². The molecule has 0 heterocycles. The average Bonchev–Trinajstić information content (AvgIpc) is 2.46. The summed E-state index contributed by atoms with van der Waals surface area (Å²) in [7, 11) is 3.32. The molecule has 0 atom stereocenters. The molecule has 0 radical (unpaired) electrons. The van der Waals surface area contributed by atoms with Crippen LogP contribution in [-0.4, -0.2) is 47.5 Å². The highest BCUT2D eigenvalue weighted by Crippen LogP contribution is 2.08. The van der Waals surface area contributed by atoms with Crippen LogP contribution in [-0.2, 0) is 11.3 Å². The normalized spacial score (nSPS) is 9.76. The predicted octanol–water partition coefficient (Wildman–Crippen LogP) is 1.91. The number of aliphatic carboxylic acids is 1. The van der Waals surface area contributed by atoms with Crippen molar-refractivity contribution >= 4 is 12.0 Å². The minimum Gasteiger partial charge on any atom is -0.481 e. The molecule has 1 N–H and O–H groups in total. The Balaban J connectivity index is 2.53. The third-order valence-electron chi connectivity index (χ3n) is 3.01. The number of carbonyl (C=O) groups is 2. The van der Waals surface area contributed by atoms with Gasteiger partial charge in [-0.25, -0.2) is 4.79 Å². The zero-order valence-electron chi connectivity index (χ0n) is 12.2. The van der Waals surface area contributed by atoms with E-state index < -0.39 is 5.97 Å². The number of urea groups is 1. The molecule has 0 fully saturated rings. The second-order valence-electron chi connectivity index (χ2n) is 4.87. The zero-order chi connectivity index (χ0) is 15.8. The Morgan fingerprint density at radius 2 is 2.00 bits per heavy atom. The van der Waals surface area contributed by atoms with Gasteiger partial charge in [-0.15, -0.1) is 0 Å². The molecule has 1 rings (SSSR count). The molecule has 6 nitrogen and oxygen atoms in total. The topological polar surface area (TPSA) is 84.6 Å². The monoisotopic (exact) mass is 289 g/mol. The summed E-state index contributed by atoms with van der Waals surface area (Å²) in [4.78, 5) is 25.6. The molecule has 2 amide bonds. The Labute approximate surface area is 124 Å². The van der Waals surface area contributed by atoms with Crippen molar-refractivity contribution in [3.05, 3.63) is 35.4 Å². The molecule has 1 aromatic carbocycles. The molecule has 0 saturated carbocycles. The molecule has 0 aliphatic carbocycles. The molecule has 0 spiro atoms. The summed E-state index contributed by atoms with van der Waals surface area (Å²) in [5.74, 6) is -0.863. The van der Waals surface area contributed by atoms with E-state index in [9.17, 15) is 9.59 Å². The third-order valence-corrected chi connectivity index (χ3v) is 3.01. The molecular weight excluding hydrogens is 270 g/mol. The van der Waals surface area contributed by atoms with Crippen molar-refractivity contribution in [2.75, 3.05) is 20.6 Å². The molecule has 0 aliphatic heterocycles. The number of hydrogen-bond donors (Lipinski definition) is 1. The number of amides is 2. The molecule has 0 bridgehead atoms. The van der Waals surface area contributed by atoms with Crippen molar-refractivity contribution in [1.29, 1.82) is 5.26 Å². The Morgan fingerprint density at radius 1 is 1.29 bits per heavy atom. The van der Waals surface area contributed by atoms with Crippen LogP contribution in [0, 0.1) is 11.3 Å². The Kier molecular flexibility index (Phi) is 6.21. The lowest BCUT2D eigenvalue weighted by atomic mass is 10.1. The van der Waals surface area contributed by atoms with Gasteiger partial charge in [0.25, 0.3) is 0 Å². The van der Waals surface area contributed by atoms with Crippen LogP contribution in [0.2, 0.25) is 0 Å². The van der Waals surface area contributed by atoms with E-state index in [1.54, 1.807) is 32.3 Å². The first-order valence-electron chi connectivity index (χ1n) is 6.61. The van der Waals surface area contributed by atoms with Crippen molar-refractivity contribution in [3.8, 4) is 6.07 Å². The van der Waals surface area contributed by atoms with E-state index in [4.69, 9.17) is 10.4 Å². The van der Waals surface area contributed by atoms with Gasteiger partial charge in [0.05, 0.1) is 11.6 Å². The first kappa shape index (κ1) is 16.5. The van der Waals surface area contributed by atoms with E-state index >= 15 is 0 Å². The van der Waals surface area contributed by atoms with Gasteiger partial charge in [-0.3, -0.25) is 4.79 Å². The Morgan fingerprint density at radius 3 is 2.62 bits per heavy atom. The maximum absolute atomic E-state index is 12.1. The number of benzene rings is 1. The molecule has 0 saturated heterocycles. The number of nitrogens with zero attached hydrogens (tertiary/aromatic N) is 3. The van der Waals surface area contributed by atoms with Gasteiger partial charge in [-0.1, -0.05) is 12.1 Å². The lowest BCUT2D eigenvalue weighted by Gasteiger charge is -2.25. The molecule has 6 heteroatoms. The van der Waals surface area contributed by atoms with Crippen LogP contribution >= 0.6 is 0 Å². The van der Waals surface area contributed by atoms with Gasteiger partial charge in [0.1, 0.15) is 0 Å². The number of hydrogen-bond acceptors (Lipinski definition) is 3. The lowest BCUT2D eigenvalue weighted by Crippen LogP contribution is -2.38. The quantitative estimate of drug-likeness (QED) is 0.866. The Hall–Kier alpha value is -2.55. The van der Waals surface area contributed by atoms with Crippen molar-refractivity contribution in [2.45, 2.75) is 19.4 Å². The minimum atomic E-state index is -0.863. The molecular formula is C15H19N3O3. The average molecular weight is 289 g/mol. The molecule has 0 aliphatic rings. The lowest BCUT2D eigenvalue weighted by molar-refractivity contribution is -0.137. The molecule has 0 unspecified atom stereocenters. The Bertz CT molecular complexity index is 551. The number of carbonyl (C=O) groups excluding carboxylic acids is 1. The van der Waals surface area contributed by atoms with Crippen LogP contribution in [0.4, 0.5) is 4.79 Å². The van der Waals surface area contributed by atoms with Gasteiger partial charge in [0.15, 0.2) is 0 Å². The fourth-order valence-electron chi connectivity index (χ4n) is 1.94. The highest BCUT2D eigenvalue weighted by Gasteiger charge is 2.14. The molecule has 112 valence electrons. The number of carboxylic acid groups (broad SMARTS) is 1. The van der Waals surface area contributed by atoms with E-state index in [0.717, 1.165) is 5.56 Å². The SMILES string of the molecule is CN(CCCC(=O)O)C(=O)N(C)Cc1cccc(C#N)c1. The second kappa shape index (κ2) is 7.90. The minimum absolute atomic E-state index is 0.0472. The summed E-state index contributed by atoms with van der Waals surface area (Å²) in [6, 6.07) is 8.98. The number of nitriles is 1. The van der Waals surface area contributed by atoms with Crippen molar-refractivity contribution in [2.24, 2.45) is 0 Å². The summed E-state index contributed by atoms with van der Waals surface area (Å²) in [5.41, 5.74) is 1.44. The van der Waals surface area contributed by atoms with Gasteiger partial charge in [-0.2, -0.15) is 5.26 Å². The van der Waals surface area contributed by atoms with Crippen molar-refractivity contribution < 1.29 is 14.7 Å². The first-order chi connectivity index (χ1) is 9.93. The molecule has 1 aromatic rings. The van der Waals surface area contributed by atoms with Crippen LogP contribution in [0.1, 0.15) is 24.0 Å². The van der Waals surface area contributed by atoms with Crippen LogP contribution in [0.5, 0.6) is 0 Å². The highest BCUT2D eigenvalue weighted by atomic mass is 16.4. The summed E-state index contributed by atoms with van der Waals surface area (Å²) < 4.78 is 0. The summed E-state index contributed by atoms with van der Waals surface area (Å²) >= 11 is 0. The second-order valence-corrected chi connectivity index (χ2v) is 4.87. The third kappa shape index (κ3) is 5.53. The van der Waals surface area contributed by atoms with E-state index in [0.29, 0.717) is 25.1 Å². The van der Waals surface area contributed by atoms with Crippen LogP contribution in [0.25, 0.3) is 0 Å². The van der Waals surface area contributed by atoms with E-state index in [2.05, 4.69) is 6.07 Å². The van der Waals surface area contributed by atoms with Crippen molar-refractivity contribution in [3.63, 3.8) is 0 Å². The van der Waals surface area contributed by atoms with Gasteiger partial charge in [-0.05, 0) is 24.1 Å². The number of rotatable bonds is 6. The fraction of sp³-hybridized carbons (Fsp3) is 0.400. The van der Waals surface area contributed by atoms with E-state index in [-0.39, 0.29) is 12.5 Å². The maximum atomic E-state index is 12.1. The van der Waals surface area contributed by atoms with Crippen LogP contribution < -0.4 is 0 Å². The fourth-order valence-corrected chi connectivity index (χ4v) is 1.94. The smallest absolute Gasteiger partial charge is 0.319 e. The predicted molar refractivity (Wildman–Crippen MR) is 77.5 cm³/mol. The van der Waals surface area contributed by atoms with Gasteiger partial charge >= 0.3 is 12.0 Å². The standard InChI is InChI=1S/C15H19N3O3/c1-17(8-4-7-14(19)20)15(21)18(2)11-13-6-3-5-12(9-13)10-16/h3,5-6,9H,4,7-8,11H2,1-2H3,(H,19,20). The van der Waals surface area contributed by atoms with Crippen molar-refractivity contribution in [1.82, 2.24) is 9.80 Å². The number of carboxylic acids is 1. The van der Waals surface area contributed by atoms with Gasteiger partial charge < -0.3 is 14.9 Å². The first-order valence-corrected chi connectivity index (χ1v) is 6.61. The maximum Gasteiger partial charge on any atom is 0.319 e. The van der Waals surface area contributed by atoms with Gasteiger partial charge in [0, 0.05) is 33.6 Å². The van der Waals surface area contributed by atoms with Gasteiger partial charge in [0.2, 0.25) is 0 Å². The summed E-state index contributed by atoms with van der Waals surface area (Å²) in [6.07, 6.45) is 0.473. The van der Waals surface area contributed by atoms with E-state index in [1.807, 2.05) is 6.07 Å². The summed E-state index contributed by atoms with van der Waals surface area (Å²) in [5, 5.41) is 17.4. The van der Waals surface area contributed by atoms with Crippen LogP contribution in [0.15, 0.2) is 24.3 Å². The molecule has 0 aromatic heterocycles. The zero-order valence-corrected chi connectivity index (χ0v) is 12.2. The largest absolute Gasteiger partial charge is 0.481 e. The summed E-state index contributed by atoms with van der Waals surface area (Å²) in [6.45, 7) is 0.797. The molecule has 21 heavy (non-hydrogen) atoms.